The smallest absolute Gasteiger partial charge is 0.256 e. The van der Waals surface area contributed by atoms with Gasteiger partial charge in [-0.2, -0.15) is 5.10 Å². The molecular weight excluding hydrogens is 402 g/mol. The summed E-state index contributed by atoms with van der Waals surface area (Å²) in [5.74, 6) is -0.247. The van der Waals surface area contributed by atoms with Gasteiger partial charge in [-0.05, 0) is 31.4 Å². The number of aliphatic hydroxyl groups is 1. The molecule has 2 saturated heterocycles. The molecule has 1 unspecified atom stereocenters. The van der Waals surface area contributed by atoms with Crippen molar-refractivity contribution in [2.45, 2.75) is 50.4 Å². The first-order chi connectivity index (χ1) is 14.9. The molecule has 11 nitrogen and oxygen atoms in total. The van der Waals surface area contributed by atoms with Crippen molar-refractivity contribution in [2.24, 2.45) is 0 Å². The standard InChI is InChI=1S/C20H23N7O4/c28-17-4-2-14(18(29)24-17)27-9-13-12(19(27)30)1-3-15(23-13)20(31)5-7-26(8-6-20)10-16-21-11-22-25-16/h1,3,11,14,31H,2,4-10H2,(H,21,22,25)(H,24,28,29). The summed E-state index contributed by atoms with van der Waals surface area (Å²) in [4.78, 5) is 48.9. The number of fused-ring (bicyclic) bond motifs is 1. The van der Waals surface area contributed by atoms with Crippen molar-refractivity contribution in [2.75, 3.05) is 13.1 Å². The van der Waals surface area contributed by atoms with E-state index in [1.54, 1.807) is 12.1 Å². The van der Waals surface area contributed by atoms with Gasteiger partial charge in [-0.25, -0.2) is 4.98 Å². The number of hydrogen-bond acceptors (Lipinski definition) is 8. The van der Waals surface area contributed by atoms with Crippen LogP contribution in [0.25, 0.3) is 0 Å². The molecule has 3 aliphatic heterocycles. The molecule has 2 aromatic heterocycles. The highest BCUT2D eigenvalue weighted by Gasteiger charge is 2.41. The van der Waals surface area contributed by atoms with E-state index in [-0.39, 0.29) is 24.8 Å². The highest BCUT2D eigenvalue weighted by Crippen LogP contribution is 2.34. The van der Waals surface area contributed by atoms with Crippen LogP contribution in [-0.4, -0.2) is 71.9 Å². The molecule has 11 heteroatoms. The van der Waals surface area contributed by atoms with Crippen molar-refractivity contribution < 1.29 is 19.5 Å². The molecule has 0 saturated carbocycles. The number of carbonyl (C=O) groups is 3. The molecule has 3 amide bonds. The monoisotopic (exact) mass is 425 g/mol. The molecule has 2 aromatic rings. The summed E-state index contributed by atoms with van der Waals surface area (Å²) >= 11 is 0. The Morgan fingerprint density at radius 2 is 2.00 bits per heavy atom. The summed E-state index contributed by atoms with van der Waals surface area (Å²) in [6.07, 6.45) is 3.01. The lowest BCUT2D eigenvalue weighted by Crippen LogP contribution is -2.52. The van der Waals surface area contributed by atoms with Crippen LogP contribution in [0, 0.1) is 0 Å². The zero-order chi connectivity index (χ0) is 21.6. The number of aromatic amines is 1. The summed E-state index contributed by atoms with van der Waals surface area (Å²) < 4.78 is 0. The molecular formula is C20H23N7O4. The van der Waals surface area contributed by atoms with Gasteiger partial charge in [0.15, 0.2) is 0 Å². The van der Waals surface area contributed by atoms with Gasteiger partial charge in [-0.15, -0.1) is 0 Å². The number of nitrogens with one attached hydrogen (secondary N) is 2. The van der Waals surface area contributed by atoms with Crippen molar-refractivity contribution in [1.82, 2.24) is 35.3 Å². The predicted molar refractivity (Wildman–Crippen MR) is 105 cm³/mol. The number of rotatable bonds is 4. The second-order valence-corrected chi connectivity index (χ2v) is 8.33. The van der Waals surface area contributed by atoms with Crippen LogP contribution < -0.4 is 5.32 Å². The Morgan fingerprint density at radius 1 is 1.19 bits per heavy atom. The van der Waals surface area contributed by atoms with Crippen LogP contribution in [0.2, 0.25) is 0 Å². The molecule has 0 spiro atoms. The summed E-state index contributed by atoms with van der Waals surface area (Å²) in [5.41, 5.74) is 0.478. The number of amides is 3. The lowest BCUT2D eigenvalue weighted by atomic mass is 9.87. The zero-order valence-corrected chi connectivity index (χ0v) is 16.9. The number of piperidine rings is 2. The second kappa shape index (κ2) is 7.50. The predicted octanol–water partition coefficient (Wildman–Crippen LogP) is -0.556. The van der Waals surface area contributed by atoms with E-state index in [1.165, 1.54) is 11.2 Å². The third kappa shape index (κ3) is 3.59. The van der Waals surface area contributed by atoms with E-state index >= 15 is 0 Å². The average Bonchev–Trinajstić information content (AvgIpc) is 3.38. The Kier molecular flexibility index (Phi) is 4.78. The fraction of sp³-hybridized carbons (Fsp3) is 0.500. The lowest BCUT2D eigenvalue weighted by Gasteiger charge is -2.37. The number of hydrogen-bond donors (Lipinski definition) is 3. The van der Waals surface area contributed by atoms with Gasteiger partial charge in [0, 0.05) is 19.5 Å². The quantitative estimate of drug-likeness (QED) is 0.553. The molecule has 2 fully saturated rings. The van der Waals surface area contributed by atoms with Crippen LogP contribution in [0.5, 0.6) is 0 Å². The Hall–Kier alpha value is -3.18. The highest BCUT2D eigenvalue weighted by molar-refractivity contribution is 6.05. The normalized spacial score (nSPS) is 23.7. The number of nitrogens with zero attached hydrogens (tertiary/aromatic N) is 5. The SMILES string of the molecule is O=C1CCC(N2Cc3nc(C4(O)CCN(Cc5ncn[nH]5)CC4)ccc3C2=O)C(=O)N1. The van der Waals surface area contributed by atoms with Gasteiger partial charge in [0.2, 0.25) is 11.8 Å². The molecule has 0 aliphatic carbocycles. The Morgan fingerprint density at radius 3 is 2.71 bits per heavy atom. The molecule has 5 heterocycles. The van der Waals surface area contributed by atoms with Crippen LogP contribution in [0.1, 0.15) is 53.3 Å². The topological polar surface area (TPSA) is 144 Å². The minimum Gasteiger partial charge on any atom is -0.383 e. The zero-order valence-electron chi connectivity index (χ0n) is 16.9. The van der Waals surface area contributed by atoms with Gasteiger partial charge >= 0.3 is 0 Å². The largest absolute Gasteiger partial charge is 0.383 e. The van der Waals surface area contributed by atoms with E-state index in [4.69, 9.17) is 0 Å². The Balaban J connectivity index is 1.29. The number of likely N-dealkylation sites (tertiary alicyclic amines) is 1. The second-order valence-electron chi connectivity index (χ2n) is 8.33. The lowest BCUT2D eigenvalue weighted by molar-refractivity contribution is -0.136. The maximum atomic E-state index is 12.8. The van der Waals surface area contributed by atoms with E-state index in [9.17, 15) is 19.5 Å². The van der Waals surface area contributed by atoms with E-state index in [2.05, 4.69) is 30.4 Å². The van der Waals surface area contributed by atoms with Gasteiger partial charge in [0.05, 0.1) is 30.0 Å². The van der Waals surface area contributed by atoms with E-state index < -0.39 is 17.6 Å². The summed E-state index contributed by atoms with van der Waals surface area (Å²) in [6.45, 7) is 2.19. The van der Waals surface area contributed by atoms with Crippen LogP contribution in [-0.2, 0) is 28.3 Å². The summed E-state index contributed by atoms with van der Waals surface area (Å²) in [6, 6.07) is 2.71. The third-order valence-electron chi connectivity index (χ3n) is 6.37. The van der Waals surface area contributed by atoms with E-state index in [0.29, 0.717) is 55.8 Å². The first kappa shape index (κ1) is 19.8. The van der Waals surface area contributed by atoms with Crippen molar-refractivity contribution in [1.29, 1.82) is 0 Å². The molecule has 3 N–H and O–H groups in total. The third-order valence-corrected chi connectivity index (χ3v) is 6.37. The van der Waals surface area contributed by atoms with Gasteiger partial charge in [-0.1, -0.05) is 0 Å². The van der Waals surface area contributed by atoms with Crippen LogP contribution in [0.4, 0.5) is 0 Å². The molecule has 162 valence electrons. The van der Waals surface area contributed by atoms with Crippen molar-refractivity contribution in [3.63, 3.8) is 0 Å². The highest BCUT2D eigenvalue weighted by atomic mass is 16.3. The summed E-state index contributed by atoms with van der Waals surface area (Å²) in [7, 11) is 0. The molecule has 5 rings (SSSR count). The number of pyridine rings is 1. The van der Waals surface area contributed by atoms with Crippen LogP contribution in [0.15, 0.2) is 18.5 Å². The maximum absolute atomic E-state index is 12.8. The van der Waals surface area contributed by atoms with Crippen molar-refractivity contribution in [3.05, 3.63) is 41.2 Å². The first-order valence-corrected chi connectivity index (χ1v) is 10.4. The average molecular weight is 425 g/mol. The Bertz CT molecular complexity index is 1030. The minimum atomic E-state index is -1.07. The van der Waals surface area contributed by atoms with Crippen LogP contribution in [0.3, 0.4) is 0 Å². The first-order valence-electron chi connectivity index (χ1n) is 10.4. The molecule has 3 aliphatic rings. The van der Waals surface area contributed by atoms with Crippen molar-refractivity contribution in [3.8, 4) is 0 Å². The number of carbonyl (C=O) groups excluding carboxylic acids is 3. The molecule has 1 atom stereocenters. The molecule has 0 radical (unpaired) electrons. The van der Waals surface area contributed by atoms with Gasteiger partial charge in [-0.3, -0.25) is 34.7 Å². The number of H-pyrrole nitrogens is 1. The Labute approximate surface area is 177 Å². The van der Waals surface area contributed by atoms with Crippen molar-refractivity contribution >= 4 is 17.7 Å². The maximum Gasteiger partial charge on any atom is 0.256 e. The minimum absolute atomic E-state index is 0.196. The number of aromatic nitrogens is 4. The van der Waals surface area contributed by atoms with Crippen LogP contribution >= 0.6 is 0 Å². The fourth-order valence-electron chi connectivity index (χ4n) is 4.55. The van der Waals surface area contributed by atoms with Gasteiger partial charge in [0.25, 0.3) is 5.91 Å². The number of imide groups is 1. The fourth-order valence-corrected chi connectivity index (χ4v) is 4.55. The molecule has 0 bridgehead atoms. The van der Waals surface area contributed by atoms with E-state index in [0.717, 1.165) is 5.82 Å². The van der Waals surface area contributed by atoms with Gasteiger partial charge in [0.1, 0.15) is 23.8 Å². The van der Waals surface area contributed by atoms with E-state index in [1.807, 2.05) is 0 Å². The molecule has 0 aromatic carbocycles. The van der Waals surface area contributed by atoms with Gasteiger partial charge < -0.3 is 10.0 Å². The molecule has 31 heavy (non-hydrogen) atoms. The summed E-state index contributed by atoms with van der Waals surface area (Å²) in [5, 5.41) is 20.2.